The van der Waals surface area contributed by atoms with Gasteiger partial charge in [-0.15, -0.1) is 0 Å². The number of carbonyl (C=O) groups is 2. The maximum absolute atomic E-state index is 12.6. The SMILES string of the molecule is O=C1CC[C@@H](C(=O)N2CCOCC2)CN1CCc1ccc(Cl)cc1. The van der Waals surface area contributed by atoms with E-state index in [1.807, 2.05) is 34.1 Å². The maximum atomic E-state index is 12.6. The number of likely N-dealkylation sites (tertiary alicyclic amines) is 1. The van der Waals surface area contributed by atoms with Gasteiger partial charge in [-0.2, -0.15) is 0 Å². The van der Waals surface area contributed by atoms with E-state index in [9.17, 15) is 9.59 Å². The van der Waals surface area contributed by atoms with Gasteiger partial charge in [0.05, 0.1) is 19.1 Å². The molecule has 24 heavy (non-hydrogen) atoms. The minimum absolute atomic E-state index is 0.0778. The van der Waals surface area contributed by atoms with Crippen molar-refractivity contribution in [3.63, 3.8) is 0 Å². The first kappa shape index (κ1) is 17.2. The van der Waals surface area contributed by atoms with E-state index in [-0.39, 0.29) is 17.7 Å². The smallest absolute Gasteiger partial charge is 0.227 e. The molecule has 0 aromatic heterocycles. The summed E-state index contributed by atoms with van der Waals surface area (Å²) in [4.78, 5) is 28.5. The number of benzene rings is 1. The molecule has 2 fully saturated rings. The highest BCUT2D eigenvalue weighted by atomic mass is 35.5. The molecule has 2 saturated heterocycles. The van der Waals surface area contributed by atoms with Crippen LogP contribution in [0.3, 0.4) is 0 Å². The van der Waals surface area contributed by atoms with Gasteiger partial charge in [0, 0.05) is 37.6 Å². The summed E-state index contributed by atoms with van der Waals surface area (Å²) in [6.45, 7) is 3.72. The number of nitrogens with zero attached hydrogens (tertiary/aromatic N) is 2. The summed E-state index contributed by atoms with van der Waals surface area (Å²) >= 11 is 5.90. The van der Waals surface area contributed by atoms with Gasteiger partial charge in [-0.1, -0.05) is 23.7 Å². The van der Waals surface area contributed by atoms with Gasteiger partial charge in [-0.3, -0.25) is 9.59 Å². The van der Waals surface area contributed by atoms with E-state index in [2.05, 4.69) is 0 Å². The monoisotopic (exact) mass is 350 g/mol. The fourth-order valence-electron chi connectivity index (χ4n) is 3.29. The van der Waals surface area contributed by atoms with Crippen LogP contribution in [-0.4, -0.2) is 61.0 Å². The first-order valence-corrected chi connectivity index (χ1v) is 8.90. The fraction of sp³-hybridized carbons (Fsp3) is 0.556. The zero-order chi connectivity index (χ0) is 16.9. The van der Waals surface area contributed by atoms with E-state index >= 15 is 0 Å². The highest BCUT2D eigenvalue weighted by molar-refractivity contribution is 6.30. The molecule has 1 aromatic carbocycles. The molecule has 6 heteroatoms. The van der Waals surface area contributed by atoms with Gasteiger partial charge >= 0.3 is 0 Å². The van der Waals surface area contributed by atoms with Crippen LogP contribution in [0, 0.1) is 5.92 Å². The fourth-order valence-corrected chi connectivity index (χ4v) is 3.42. The quantitative estimate of drug-likeness (QED) is 0.834. The van der Waals surface area contributed by atoms with Crippen molar-refractivity contribution in [2.45, 2.75) is 19.3 Å². The number of rotatable bonds is 4. The largest absolute Gasteiger partial charge is 0.378 e. The second-order valence-electron chi connectivity index (χ2n) is 6.39. The van der Waals surface area contributed by atoms with Crippen LogP contribution in [0.25, 0.3) is 0 Å². The van der Waals surface area contributed by atoms with Crippen molar-refractivity contribution in [1.82, 2.24) is 9.80 Å². The van der Waals surface area contributed by atoms with Crippen molar-refractivity contribution in [3.8, 4) is 0 Å². The normalized spacial score (nSPS) is 21.9. The predicted molar refractivity (Wildman–Crippen MR) is 91.9 cm³/mol. The van der Waals surface area contributed by atoms with Gasteiger partial charge in [0.25, 0.3) is 0 Å². The number of amides is 2. The molecule has 3 rings (SSSR count). The highest BCUT2D eigenvalue weighted by Crippen LogP contribution is 2.21. The summed E-state index contributed by atoms with van der Waals surface area (Å²) < 4.78 is 5.30. The number of morpholine rings is 1. The average Bonchev–Trinajstić information content (AvgIpc) is 2.62. The van der Waals surface area contributed by atoms with Crippen molar-refractivity contribution in [2.75, 3.05) is 39.4 Å². The number of ether oxygens (including phenoxy) is 1. The van der Waals surface area contributed by atoms with Crippen LogP contribution in [0.1, 0.15) is 18.4 Å². The average molecular weight is 351 g/mol. The zero-order valence-corrected chi connectivity index (χ0v) is 14.5. The molecule has 0 spiro atoms. The minimum Gasteiger partial charge on any atom is -0.378 e. The van der Waals surface area contributed by atoms with E-state index in [1.165, 1.54) is 0 Å². The standard InChI is InChI=1S/C18H23ClN2O3/c19-16-4-1-14(2-5-16)7-8-21-13-15(3-6-17(21)22)18(23)20-9-11-24-12-10-20/h1-2,4-5,15H,3,6-13H2/t15-/m1/s1. The van der Waals surface area contributed by atoms with Crippen LogP contribution in [0.15, 0.2) is 24.3 Å². The van der Waals surface area contributed by atoms with Crippen molar-refractivity contribution in [1.29, 1.82) is 0 Å². The van der Waals surface area contributed by atoms with Gasteiger partial charge in [0.1, 0.15) is 0 Å². The number of carbonyl (C=O) groups excluding carboxylic acids is 2. The Hall–Kier alpha value is -1.59. The Morgan fingerprint density at radius 1 is 1.21 bits per heavy atom. The zero-order valence-electron chi connectivity index (χ0n) is 13.7. The molecule has 1 aromatic rings. The lowest BCUT2D eigenvalue weighted by Crippen LogP contribution is -2.50. The molecule has 2 heterocycles. The molecular weight excluding hydrogens is 328 g/mol. The highest BCUT2D eigenvalue weighted by Gasteiger charge is 2.33. The summed E-state index contributed by atoms with van der Waals surface area (Å²) in [5, 5.41) is 0.712. The molecule has 0 bridgehead atoms. The molecule has 0 unspecified atom stereocenters. The lowest BCUT2D eigenvalue weighted by molar-refractivity contribution is -0.145. The van der Waals surface area contributed by atoms with E-state index in [0.29, 0.717) is 57.3 Å². The molecule has 1 atom stereocenters. The molecule has 2 aliphatic rings. The molecule has 0 aliphatic carbocycles. The molecule has 130 valence electrons. The summed E-state index contributed by atoms with van der Waals surface area (Å²) in [7, 11) is 0. The Morgan fingerprint density at radius 2 is 1.92 bits per heavy atom. The number of hydrogen-bond acceptors (Lipinski definition) is 3. The molecule has 2 aliphatic heterocycles. The third-order valence-corrected chi connectivity index (χ3v) is 5.01. The summed E-state index contributed by atoms with van der Waals surface area (Å²) in [5.74, 6) is 0.239. The Kier molecular flexibility index (Phi) is 5.74. The topological polar surface area (TPSA) is 49.9 Å². The second kappa shape index (κ2) is 7.99. The molecule has 0 radical (unpaired) electrons. The van der Waals surface area contributed by atoms with Gasteiger partial charge in [-0.05, 0) is 30.5 Å². The number of piperidine rings is 1. The van der Waals surface area contributed by atoms with Crippen LogP contribution in [0.2, 0.25) is 5.02 Å². The molecule has 2 amide bonds. The van der Waals surface area contributed by atoms with E-state index in [0.717, 1.165) is 12.0 Å². The molecule has 0 N–H and O–H groups in total. The summed E-state index contributed by atoms with van der Waals surface area (Å²) in [5.41, 5.74) is 1.15. The van der Waals surface area contributed by atoms with E-state index in [4.69, 9.17) is 16.3 Å². The second-order valence-corrected chi connectivity index (χ2v) is 6.83. The Balaban J connectivity index is 1.55. The Morgan fingerprint density at radius 3 is 2.62 bits per heavy atom. The van der Waals surface area contributed by atoms with Crippen molar-refractivity contribution >= 4 is 23.4 Å². The Bertz CT molecular complexity index is 584. The molecule has 5 nitrogen and oxygen atoms in total. The van der Waals surface area contributed by atoms with Crippen LogP contribution >= 0.6 is 11.6 Å². The van der Waals surface area contributed by atoms with Crippen molar-refractivity contribution in [3.05, 3.63) is 34.9 Å². The predicted octanol–water partition coefficient (Wildman–Crippen LogP) is 1.98. The molecular formula is C18H23ClN2O3. The summed E-state index contributed by atoms with van der Waals surface area (Å²) in [6.07, 6.45) is 1.90. The third kappa shape index (κ3) is 4.28. The van der Waals surface area contributed by atoms with Crippen LogP contribution in [-0.2, 0) is 20.7 Å². The van der Waals surface area contributed by atoms with Gasteiger partial charge < -0.3 is 14.5 Å². The minimum atomic E-state index is -0.0778. The van der Waals surface area contributed by atoms with Gasteiger partial charge in [0.15, 0.2) is 0 Å². The lowest BCUT2D eigenvalue weighted by Gasteiger charge is -2.36. The van der Waals surface area contributed by atoms with E-state index < -0.39 is 0 Å². The van der Waals surface area contributed by atoms with Crippen LogP contribution in [0.4, 0.5) is 0 Å². The molecule has 0 saturated carbocycles. The van der Waals surface area contributed by atoms with Crippen LogP contribution < -0.4 is 0 Å². The van der Waals surface area contributed by atoms with Crippen molar-refractivity contribution < 1.29 is 14.3 Å². The van der Waals surface area contributed by atoms with Gasteiger partial charge in [0.2, 0.25) is 11.8 Å². The third-order valence-electron chi connectivity index (χ3n) is 4.76. The lowest BCUT2D eigenvalue weighted by atomic mass is 9.95. The van der Waals surface area contributed by atoms with E-state index in [1.54, 1.807) is 0 Å². The van der Waals surface area contributed by atoms with Crippen LogP contribution in [0.5, 0.6) is 0 Å². The maximum Gasteiger partial charge on any atom is 0.227 e. The number of halogens is 1. The first-order valence-electron chi connectivity index (χ1n) is 8.52. The first-order chi connectivity index (χ1) is 11.6. The number of hydrogen-bond donors (Lipinski definition) is 0. The Labute approximate surface area is 147 Å². The van der Waals surface area contributed by atoms with Gasteiger partial charge in [-0.25, -0.2) is 0 Å². The summed E-state index contributed by atoms with van der Waals surface area (Å²) in [6, 6.07) is 7.68. The van der Waals surface area contributed by atoms with Crippen molar-refractivity contribution in [2.24, 2.45) is 5.92 Å².